The Labute approximate surface area is 187 Å². The highest BCUT2D eigenvalue weighted by Gasteiger charge is 2.35. The van der Waals surface area contributed by atoms with Gasteiger partial charge in [-0.15, -0.1) is 0 Å². The van der Waals surface area contributed by atoms with Crippen LogP contribution < -0.4 is 16.0 Å². The fourth-order valence-electron chi connectivity index (χ4n) is 2.10. The number of hydrogen-bond acceptors (Lipinski definition) is 2. The normalized spacial score (nSPS) is 12.2. The summed E-state index contributed by atoms with van der Waals surface area (Å²) >= 11 is 35.1. The van der Waals surface area contributed by atoms with Gasteiger partial charge in [0.15, 0.2) is 5.11 Å². The van der Waals surface area contributed by atoms with Crippen LogP contribution in [0.25, 0.3) is 0 Å². The first-order valence-corrected chi connectivity index (χ1v) is 9.83. The van der Waals surface area contributed by atoms with Gasteiger partial charge in [0.25, 0.3) is 5.91 Å². The zero-order valence-corrected chi connectivity index (χ0v) is 18.4. The Kier molecular flexibility index (Phi) is 7.86. The first-order chi connectivity index (χ1) is 12.6. The van der Waals surface area contributed by atoms with E-state index < -0.39 is 15.9 Å². The first-order valence-electron chi connectivity index (χ1n) is 7.53. The fraction of sp³-hybridized carbons (Fsp3) is 0.176. The van der Waals surface area contributed by atoms with Crippen LogP contribution in [0.3, 0.4) is 0 Å². The molecule has 1 atom stereocenters. The minimum Gasteiger partial charge on any atom is -0.339 e. The van der Waals surface area contributed by atoms with Gasteiger partial charge < -0.3 is 16.0 Å². The summed E-state index contributed by atoms with van der Waals surface area (Å²) in [5.41, 5.74) is 1.98. The summed E-state index contributed by atoms with van der Waals surface area (Å²) in [6.07, 6.45) is -1.12. The third-order valence-corrected chi connectivity index (χ3v) is 4.75. The SMILES string of the molecule is Cc1cccc(NC(=S)N[C@H](NC(=O)c2ccc(Cl)cc2Cl)C(Cl)(Cl)Cl)c1. The molecule has 0 spiro atoms. The van der Waals surface area contributed by atoms with Gasteiger partial charge in [-0.2, -0.15) is 0 Å². The van der Waals surface area contributed by atoms with Crippen molar-refractivity contribution in [2.75, 3.05) is 5.32 Å². The lowest BCUT2D eigenvalue weighted by Gasteiger charge is -2.28. The molecule has 0 aromatic heterocycles. The predicted octanol–water partition coefficient (Wildman–Crippen LogP) is 5.71. The van der Waals surface area contributed by atoms with Gasteiger partial charge >= 0.3 is 0 Å². The van der Waals surface area contributed by atoms with Crippen LogP contribution in [0.15, 0.2) is 42.5 Å². The number of halogens is 5. The number of carbonyl (C=O) groups is 1. The molecule has 0 saturated carbocycles. The molecule has 0 aliphatic carbocycles. The molecule has 0 aliphatic heterocycles. The second-order valence-corrected chi connectivity index (χ2v) is 9.16. The molecule has 2 rings (SSSR count). The van der Waals surface area contributed by atoms with Crippen molar-refractivity contribution in [1.82, 2.24) is 10.6 Å². The number of carbonyl (C=O) groups excluding carboxylic acids is 1. The highest BCUT2D eigenvalue weighted by molar-refractivity contribution is 7.80. The lowest BCUT2D eigenvalue weighted by molar-refractivity contribution is 0.0934. The van der Waals surface area contributed by atoms with E-state index in [4.69, 9.17) is 70.2 Å². The summed E-state index contributed by atoms with van der Waals surface area (Å²) in [7, 11) is 0. The number of amides is 1. The Morgan fingerprint density at radius 1 is 1.07 bits per heavy atom. The van der Waals surface area contributed by atoms with E-state index in [1.54, 1.807) is 0 Å². The van der Waals surface area contributed by atoms with E-state index in [-0.39, 0.29) is 15.7 Å². The van der Waals surface area contributed by atoms with Crippen LogP contribution in [0.5, 0.6) is 0 Å². The predicted molar refractivity (Wildman–Crippen MR) is 119 cm³/mol. The minimum atomic E-state index is -1.88. The highest BCUT2D eigenvalue weighted by Crippen LogP contribution is 2.30. The summed E-state index contributed by atoms with van der Waals surface area (Å²) in [6.45, 7) is 1.95. The topological polar surface area (TPSA) is 53.2 Å². The molecular weight excluding hydrogens is 472 g/mol. The van der Waals surface area contributed by atoms with E-state index in [2.05, 4.69) is 16.0 Å². The van der Waals surface area contributed by atoms with E-state index in [9.17, 15) is 4.79 Å². The van der Waals surface area contributed by atoms with Gasteiger partial charge in [-0.3, -0.25) is 4.79 Å². The maximum atomic E-state index is 12.5. The molecule has 2 aromatic carbocycles. The lowest BCUT2D eigenvalue weighted by atomic mass is 10.2. The molecule has 4 nitrogen and oxygen atoms in total. The van der Waals surface area contributed by atoms with E-state index in [1.165, 1.54) is 18.2 Å². The Bertz CT molecular complexity index is 857. The molecule has 0 radical (unpaired) electrons. The molecule has 0 unspecified atom stereocenters. The summed E-state index contributed by atoms with van der Waals surface area (Å²) in [5, 5.41) is 9.04. The van der Waals surface area contributed by atoms with Crippen molar-refractivity contribution in [3.8, 4) is 0 Å². The number of thiocarbonyl (C=S) groups is 1. The minimum absolute atomic E-state index is 0.166. The van der Waals surface area contributed by atoms with Crippen molar-refractivity contribution in [2.24, 2.45) is 0 Å². The zero-order chi connectivity index (χ0) is 20.2. The van der Waals surface area contributed by atoms with E-state index >= 15 is 0 Å². The van der Waals surface area contributed by atoms with E-state index in [0.29, 0.717) is 5.02 Å². The Morgan fingerprint density at radius 2 is 1.78 bits per heavy atom. The van der Waals surface area contributed by atoms with Crippen LogP contribution >= 0.6 is 70.2 Å². The summed E-state index contributed by atoms with van der Waals surface area (Å²) < 4.78 is -1.88. The Balaban J connectivity index is 2.11. The molecule has 27 heavy (non-hydrogen) atoms. The smallest absolute Gasteiger partial charge is 0.254 e. The molecule has 0 heterocycles. The number of hydrogen-bond donors (Lipinski definition) is 3. The lowest BCUT2D eigenvalue weighted by Crippen LogP contribution is -2.56. The van der Waals surface area contributed by atoms with Crippen molar-refractivity contribution >= 4 is 86.9 Å². The molecular formula is C17H14Cl5N3OS. The fourth-order valence-corrected chi connectivity index (χ4v) is 3.16. The number of aryl methyl sites for hydroxylation is 1. The number of alkyl halides is 3. The number of nitrogens with one attached hydrogen (secondary N) is 3. The van der Waals surface area contributed by atoms with Crippen LogP contribution in [0, 0.1) is 6.92 Å². The third kappa shape index (κ3) is 6.86. The van der Waals surface area contributed by atoms with Gasteiger partial charge in [0.05, 0.1) is 10.6 Å². The Morgan fingerprint density at radius 3 is 2.37 bits per heavy atom. The van der Waals surface area contributed by atoms with Crippen molar-refractivity contribution in [3.63, 3.8) is 0 Å². The van der Waals surface area contributed by atoms with Gasteiger partial charge in [-0.1, -0.05) is 70.1 Å². The van der Waals surface area contributed by atoms with Crippen molar-refractivity contribution in [3.05, 3.63) is 63.6 Å². The summed E-state index contributed by atoms with van der Waals surface area (Å²) in [4.78, 5) is 12.5. The van der Waals surface area contributed by atoms with E-state index in [0.717, 1.165) is 11.3 Å². The molecule has 2 aromatic rings. The van der Waals surface area contributed by atoms with Gasteiger partial charge in [0.1, 0.15) is 6.17 Å². The second kappa shape index (κ2) is 9.50. The van der Waals surface area contributed by atoms with Gasteiger partial charge in [-0.25, -0.2) is 0 Å². The molecule has 0 saturated heterocycles. The second-order valence-electron chi connectivity index (χ2n) is 5.54. The van der Waals surface area contributed by atoms with Crippen LogP contribution in [-0.4, -0.2) is 21.0 Å². The quantitative estimate of drug-likeness (QED) is 0.295. The average Bonchev–Trinajstić information content (AvgIpc) is 2.53. The maximum Gasteiger partial charge on any atom is 0.254 e. The molecule has 0 fully saturated rings. The number of anilines is 1. The standard InChI is InChI=1S/C17H14Cl5N3OS/c1-9-3-2-4-11(7-9)23-16(27)25-15(17(20,21)22)24-14(26)12-6-5-10(18)8-13(12)19/h2-8,15H,1H3,(H,24,26)(H2,23,25,27)/t15-/m0/s1. The first kappa shape index (κ1) is 22.3. The molecule has 3 N–H and O–H groups in total. The van der Waals surface area contributed by atoms with Crippen LogP contribution in [0.4, 0.5) is 5.69 Å². The average molecular weight is 486 g/mol. The van der Waals surface area contributed by atoms with Crippen LogP contribution in [-0.2, 0) is 0 Å². The number of benzene rings is 2. The van der Waals surface area contributed by atoms with Crippen molar-refractivity contribution < 1.29 is 4.79 Å². The maximum absolute atomic E-state index is 12.5. The molecule has 0 aliphatic rings. The van der Waals surface area contributed by atoms with Crippen LogP contribution in [0.2, 0.25) is 10.0 Å². The summed E-state index contributed by atoms with van der Waals surface area (Å²) in [6, 6.07) is 12.0. The van der Waals surface area contributed by atoms with Crippen molar-refractivity contribution in [2.45, 2.75) is 16.9 Å². The molecule has 144 valence electrons. The summed E-state index contributed by atoms with van der Waals surface area (Å²) in [5.74, 6) is -0.557. The van der Waals surface area contributed by atoms with Gasteiger partial charge in [0.2, 0.25) is 3.79 Å². The molecule has 1 amide bonds. The highest BCUT2D eigenvalue weighted by atomic mass is 35.6. The largest absolute Gasteiger partial charge is 0.339 e. The Hall–Kier alpha value is -0.950. The zero-order valence-electron chi connectivity index (χ0n) is 13.8. The van der Waals surface area contributed by atoms with Gasteiger partial charge in [0, 0.05) is 10.7 Å². The molecule has 10 heteroatoms. The number of rotatable bonds is 4. The monoisotopic (exact) mass is 483 g/mol. The van der Waals surface area contributed by atoms with Crippen molar-refractivity contribution in [1.29, 1.82) is 0 Å². The van der Waals surface area contributed by atoms with Gasteiger partial charge in [-0.05, 0) is 55.0 Å². The third-order valence-electron chi connectivity index (χ3n) is 3.33. The molecule has 0 bridgehead atoms. The van der Waals surface area contributed by atoms with Crippen LogP contribution in [0.1, 0.15) is 15.9 Å². The van der Waals surface area contributed by atoms with E-state index in [1.807, 2.05) is 31.2 Å².